The van der Waals surface area contributed by atoms with E-state index in [1.165, 1.54) is 17.3 Å². The lowest BCUT2D eigenvalue weighted by Crippen LogP contribution is -2.31. The quantitative estimate of drug-likeness (QED) is 0.343. The number of hydrogen-bond donors (Lipinski definition) is 1. The highest BCUT2D eigenvalue weighted by molar-refractivity contribution is 7.98. The summed E-state index contributed by atoms with van der Waals surface area (Å²) in [7, 11) is 0. The average molecular weight is 485 g/mol. The van der Waals surface area contributed by atoms with Crippen LogP contribution in [0.25, 0.3) is 16.9 Å². The highest BCUT2D eigenvalue weighted by atomic mass is 32.2. The maximum Gasteiger partial charge on any atom is 0.330 e. The first kappa shape index (κ1) is 24.2. The zero-order valence-corrected chi connectivity index (χ0v) is 21.3. The number of rotatable bonds is 10. The number of aromatic amines is 1. The van der Waals surface area contributed by atoms with Crippen LogP contribution in [0.5, 0.6) is 0 Å². The van der Waals surface area contributed by atoms with E-state index in [0.717, 1.165) is 43.5 Å². The Morgan fingerprint density at radius 2 is 1.74 bits per heavy atom. The molecule has 0 saturated carbocycles. The molecular formula is C23H32N8O2S. The number of nitrogens with zero attached hydrogens (tertiary/aromatic N) is 7. The number of aryl methyl sites for hydroxylation is 4. The number of nitrogens with one attached hydrogen (secondary N) is 1. The summed E-state index contributed by atoms with van der Waals surface area (Å²) in [6.45, 7) is 11.4. The summed E-state index contributed by atoms with van der Waals surface area (Å²) >= 11 is 1.45. The fourth-order valence-electron chi connectivity index (χ4n) is 4.29. The van der Waals surface area contributed by atoms with Gasteiger partial charge in [0.1, 0.15) is 5.82 Å². The van der Waals surface area contributed by atoms with Gasteiger partial charge in [0, 0.05) is 24.5 Å². The second-order valence-electron chi connectivity index (χ2n) is 8.47. The molecule has 0 atom stereocenters. The third-order valence-corrected chi connectivity index (χ3v) is 6.99. The van der Waals surface area contributed by atoms with E-state index in [1.54, 1.807) is 4.57 Å². The molecule has 4 rings (SSSR count). The van der Waals surface area contributed by atoms with Crippen LogP contribution in [0.3, 0.4) is 0 Å². The van der Waals surface area contributed by atoms with Crippen molar-refractivity contribution in [1.82, 2.24) is 38.7 Å². The SMILES string of the molecule is CCCCc1c(C)nc2nc(SCc3nc4c(c(=O)[nH]c(=O)n4CCCC)n3CC)nn2c1C. The molecule has 10 nitrogen and oxygen atoms in total. The van der Waals surface area contributed by atoms with Gasteiger partial charge in [-0.2, -0.15) is 4.98 Å². The van der Waals surface area contributed by atoms with Crippen molar-refractivity contribution < 1.29 is 0 Å². The van der Waals surface area contributed by atoms with E-state index >= 15 is 0 Å². The van der Waals surface area contributed by atoms with Gasteiger partial charge in [-0.15, -0.1) is 5.10 Å². The molecular weight excluding hydrogens is 452 g/mol. The number of thioether (sulfide) groups is 1. The molecule has 11 heteroatoms. The van der Waals surface area contributed by atoms with E-state index in [4.69, 9.17) is 4.98 Å². The normalized spacial score (nSPS) is 11.8. The maximum absolute atomic E-state index is 12.6. The van der Waals surface area contributed by atoms with Crippen molar-refractivity contribution in [3.8, 4) is 0 Å². The highest BCUT2D eigenvalue weighted by Crippen LogP contribution is 2.24. The first-order valence-corrected chi connectivity index (χ1v) is 13.0. The molecule has 0 aromatic carbocycles. The average Bonchev–Trinajstić information content (AvgIpc) is 3.38. The van der Waals surface area contributed by atoms with E-state index in [0.29, 0.717) is 46.8 Å². The Bertz CT molecular complexity index is 1450. The summed E-state index contributed by atoms with van der Waals surface area (Å²) in [5.41, 5.74) is 3.36. The van der Waals surface area contributed by atoms with Crippen molar-refractivity contribution in [2.45, 2.75) is 90.7 Å². The van der Waals surface area contributed by atoms with Gasteiger partial charge in [0.2, 0.25) is 5.16 Å². The van der Waals surface area contributed by atoms with Crippen molar-refractivity contribution in [2.24, 2.45) is 0 Å². The maximum atomic E-state index is 12.6. The Kier molecular flexibility index (Phi) is 7.20. The number of hydrogen-bond acceptors (Lipinski definition) is 7. The summed E-state index contributed by atoms with van der Waals surface area (Å²) in [6.07, 6.45) is 5.00. The van der Waals surface area contributed by atoms with Crippen LogP contribution in [0.15, 0.2) is 14.7 Å². The highest BCUT2D eigenvalue weighted by Gasteiger charge is 2.19. The van der Waals surface area contributed by atoms with Crippen LogP contribution in [0, 0.1) is 13.8 Å². The molecule has 4 heterocycles. The van der Waals surface area contributed by atoms with Gasteiger partial charge in [-0.25, -0.2) is 19.3 Å². The number of aromatic nitrogens is 8. The van der Waals surface area contributed by atoms with Crippen LogP contribution in [-0.4, -0.2) is 38.7 Å². The summed E-state index contributed by atoms with van der Waals surface area (Å²) in [6, 6.07) is 0. The second kappa shape index (κ2) is 10.1. The predicted molar refractivity (Wildman–Crippen MR) is 134 cm³/mol. The van der Waals surface area contributed by atoms with Crippen molar-refractivity contribution in [3.63, 3.8) is 0 Å². The fraction of sp³-hybridized carbons (Fsp3) is 0.565. The Hall–Kier alpha value is -2.95. The first-order valence-electron chi connectivity index (χ1n) is 12.0. The predicted octanol–water partition coefficient (Wildman–Crippen LogP) is 3.40. The minimum absolute atomic E-state index is 0.404. The molecule has 0 saturated heterocycles. The van der Waals surface area contributed by atoms with Gasteiger partial charge in [0.15, 0.2) is 11.2 Å². The third kappa shape index (κ3) is 4.40. The van der Waals surface area contributed by atoms with Crippen molar-refractivity contribution in [1.29, 1.82) is 0 Å². The smallest absolute Gasteiger partial charge is 0.322 e. The van der Waals surface area contributed by atoms with E-state index in [-0.39, 0.29) is 0 Å². The molecule has 0 unspecified atom stereocenters. The Morgan fingerprint density at radius 3 is 2.44 bits per heavy atom. The lowest BCUT2D eigenvalue weighted by molar-refractivity contribution is 0.613. The van der Waals surface area contributed by atoms with Gasteiger partial charge in [-0.3, -0.25) is 14.3 Å². The molecule has 0 amide bonds. The molecule has 0 spiro atoms. The van der Waals surface area contributed by atoms with Crippen LogP contribution in [-0.2, 0) is 25.3 Å². The molecule has 0 fully saturated rings. The number of unbranched alkanes of at least 4 members (excludes halogenated alkanes) is 2. The van der Waals surface area contributed by atoms with Gasteiger partial charge >= 0.3 is 5.69 Å². The molecule has 4 aromatic heterocycles. The summed E-state index contributed by atoms with van der Waals surface area (Å²) in [5, 5.41) is 5.29. The van der Waals surface area contributed by atoms with Crippen molar-refractivity contribution >= 4 is 28.7 Å². The number of imidazole rings is 1. The summed E-state index contributed by atoms with van der Waals surface area (Å²) < 4.78 is 5.25. The lowest BCUT2D eigenvalue weighted by atomic mass is 10.1. The molecule has 0 aliphatic carbocycles. The third-order valence-electron chi connectivity index (χ3n) is 6.16. The Morgan fingerprint density at radius 1 is 0.971 bits per heavy atom. The molecule has 0 aliphatic rings. The monoisotopic (exact) mass is 484 g/mol. The van der Waals surface area contributed by atoms with E-state index < -0.39 is 11.2 Å². The molecule has 0 aliphatic heterocycles. The van der Waals surface area contributed by atoms with Gasteiger partial charge < -0.3 is 4.57 Å². The lowest BCUT2D eigenvalue weighted by Gasteiger charge is -2.09. The van der Waals surface area contributed by atoms with Crippen LogP contribution in [0.1, 0.15) is 69.2 Å². The van der Waals surface area contributed by atoms with E-state index in [2.05, 4.69) is 40.8 Å². The first-order chi connectivity index (χ1) is 16.4. The minimum atomic E-state index is -0.413. The van der Waals surface area contributed by atoms with E-state index in [1.807, 2.05) is 22.9 Å². The largest absolute Gasteiger partial charge is 0.330 e. The molecule has 182 valence electrons. The summed E-state index contributed by atoms with van der Waals surface area (Å²) in [4.78, 5) is 41.5. The standard InChI is InChI=1S/C23H32N8O2S/c1-6-9-11-16-14(4)24-21-27-22(28-31(21)15(16)5)34-13-17-25-19-18(29(17)8-3)20(32)26-23(33)30(19)12-10-7-2/h6-13H2,1-5H3,(H,26,32,33). The second-order valence-corrected chi connectivity index (χ2v) is 9.41. The van der Waals surface area contributed by atoms with Crippen molar-refractivity contribution in [2.75, 3.05) is 0 Å². The molecule has 4 aromatic rings. The molecule has 34 heavy (non-hydrogen) atoms. The van der Waals surface area contributed by atoms with Crippen LogP contribution in [0.2, 0.25) is 0 Å². The Balaban J connectivity index is 1.68. The Labute approximate surface area is 201 Å². The zero-order valence-electron chi connectivity index (χ0n) is 20.5. The summed E-state index contributed by atoms with van der Waals surface area (Å²) in [5.74, 6) is 1.78. The van der Waals surface area contributed by atoms with Gasteiger partial charge in [-0.1, -0.05) is 38.5 Å². The minimum Gasteiger partial charge on any atom is -0.322 e. The molecule has 0 radical (unpaired) electrons. The van der Waals surface area contributed by atoms with E-state index in [9.17, 15) is 9.59 Å². The number of H-pyrrole nitrogens is 1. The van der Waals surface area contributed by atoms with Gasteiger partial charge in [-0.05, 0) is 45.6 Å². The topological polar surface area (TPSA) is 116 Å². The van der Waals surface area contributed by atoms with Crippen LogP contribution in [0.4, 0.5) is 0 Å². The van der Waals surface area contributed by atoms with Crippen molar-refractivity contribution in [3.05, 3.63) is 43.6 Å². The fourth-order valence-corrected chi connectivity index (χ4v) is 5.05. The van der Waals surface area contributed by atoms with Crippen LogP contribution >= 0.6 is 11.8 Å². The molecule has 1 N–H and O–H groups in total. The zero-order chi connectivity index (χ0) is 24.4. The number of fused-ring (bicyclic) bond motifs is 2. The van der Waals surface area contributed by atoms with Gasteiger partial charge in [0.05, 0.1) is 5.75 Å². The molecule has 0 bridgehead atoms. The van der Waals surface area contributed by atoms with Gasteiger partial charge in [0.25, 0.3) is 11.3 Å². The van der Waals surface area contributed by atoms with Crippen LogP contribution < -0.4 is 11.2 Å².